The Balaban J connectivity index is 1.77. The van der Waals surface area contributed by atoms with Crippen LogP contribution in [-0.4, -0.2) is 42.4 Å². The van der Waals surface area contributed by atoms with Crippen molar-refractivity contribution in [3.8, 4) is 0 Å². The van der Waals surface area contributed by atoms with Crippen molar-refractivity contribution >= 4 is 17.5 Å². The number of hydrogen-bond acceptors (Lipinski definition) is 3. The summed E-state index contributed by atoms with van der Waals surface area (Å²) in [6.45, 7) is 3.10. The molecule has 1 fully saturated rings. The Morgan fingerprint density at radius 3 is 2.74 bits per heavy atom. The smallest absolute Gasteiger partial charge is 0.241 e. The lowest BCUT2D eigenvalue weighted by molar-refractivity contribution is -0.128. The summed E-state index contributed by atoms with van der Waals surface area (Å²) in [5.74, 6) is 0.0263. The molecule has 1 aliphatic heterocycles. The van der Waals surface area contributed by atoms with Crippen molar-refractivity contribution in [3.05, 3.63) is 30.3 Å². The average Bonchev–Trinajstić information content (AvgIpc) is 2.85. The lowest BCUT2D eigenvalue weighted by atomic mass is 10.2. The molecule has 1 aromatic rings. The van der Waals surface area contributed by atoms with Crippen LogP contribution < -0.4 is 10.6 Å². The fourth-order valence-electron chi connectivity index (χ4n) is 2.24. The molecule has 0 radical (unpaired) electrons. The highest BCUT2D eigenvalue weighted by Gasteiger charge is 2.26. The number of anilines is 1. The number of rotatable bonds is 4. The molecule has 0 spiro atoms. The van der Waals surface area contributed by atoms with E-state index in [1.165, 1.54) is 6.92 Å². The highest BCUT2D eigenvalue weighted by Crippen LogP contribution is 2.10. The molecular formula is C14H19N3O2. The number of likely N-dealkylation sites (tertiary alicyclic amines) is 1. The van der Waals surface area contributed by atoms with Gasteiger partial charge >= 0.3 is 0 Å². The molecule has 1 unspecified atom stereocenters. The molecule has 2 rings (SSSR count). The molecule has 1 aromatic carbocycles. The van der Waals surface area contributed by atoms with E-state index in [4.69, 9.17) is 0 Å². The first-order valence-electron chi connectivity index (χ1n) is 6.49. The standard InChI is InChI=1S/C14H19N3O2/c1-11(18)16-13-7-8-17(10-13)14(19)9-15-12-5-3-2-4-6-12/h2-6,13,15H,7-10H2,1H3,(H,16,18). The van der Waals surface area contributed by atoms with Gasteiger partial charge in [0.15, 0.2) is 0 Å². The predicted octanol–water partition coefficient (Wildman–Crippen LogP) is 0.835. The first-order valence-corrected chi connectivity index (χ1v) is 6.49. The van der Waals surface area contributed by atoms with Gasteiger partial charge in [-0.2, -0.15) is 0 Å². The summed E-state index contributed by atoms with van der Waals surface area (Å²) < 4.78 is 0. The Hall–Kier alpha value is -2.04. The van der Waals surface area contributed by atoms with Gasteiger partial charge in [0.1, 0.15) is 0 Å². The molecule has 0 saturated carbocycles. The van der Waals surface area contributed by atoms with Gasteiger partial charge in [0.25, 0.3) is 0 Å². The third-order valence-corrected chi connectivity index (χ3v) is 3.17. The predicted molar refractivity (Wildman–Crippen MR) is 73.7 cm³/mol. The van der Waals surface area contributed by atoms with Crippen molar-refractivity contribution in [1.29, 1.82) is 0 Å². The molecule has 102 valence electrons. The van der Waals surface area contributed by atoms with Crippen molar-refractivity contribution in [1.82, 2.24) is 10.2 Å². The average molecular weight is 261 g/mol. The summed E-state index contributed by atoms with van der Waals surface area (Å²) in [6, 6.07) is 9.74. The fourth-order valence-corrected chi connectivity index (χ4v) is 2.24. The summed E-state index contributed by atoms with van der Waals surface area (Å²) in [7, 11) is 0. The van der Waals surface area contributed by atoms with E-state index in [1.54, 1.807) is 4.90 Å². The SMILES string of the molecule is CC(=O)NC1CCN(C(=O)CNc2ccccc2)C1. The number of hydrogen-bond donors (Lipinski definition) is 2. The Labute approximate surface area is 113 Å². The van der Waals surface area contributed by atoms with Crippen LogP contribution in [0, 0.1) is 0 Å². The number of amides is 2. The maximum absolute atomic E-state index is 12.0. The van der Waals surface area contributed by atoms with E-state index in [0.29, 0.717) is 13.1 Å². The Kier molecular flexibility index (Phi) is 4.39. The normalized spacial score (nSPS) is 18.2. The third kappa shape index (κ3) is 3.98. The monoisotopic (exact) mass is 261 g/mol. The second-order valence-corrected chi connectivity index (χ2v) is 4.75. The van der Waals surface area contributed by atoms with Crippen LogP contribution in [0.2, 0.25) is 0 Å². The van der Waals surface area contributed by atoms with Crippen LogP contribution in [0.5, 0.6) is 0 Å². The first kappa shape index (κ1) is 13.4. The van der Waals surface area contributed by atoms with E-state index in [-0.39, 0.29) is 24.4 Å². The third-order valence-electron chi connectivity index (χ3n) is 3.17. The molecule has 1 saturated heterocycles. The van der Waals surface area contributed by atoms with Crippen LogP contribution in [0.15, 0.2) is 30.3 Å². The molecule has 5 heteroatoms. The Morgan fingerprint density at radius 2 is 2.05 bits per heavy atom. The molecule has 1 atom stereocenters. The van der Waals surface area contributed by atoms with Crippen molar-refractivity contribution < 1.29 is 9.59 Å². The van der Waals surface area contributed by atoms with Gasteiger partial charge in [-0.1, -0.05) is 18.2 Å². The Bertz CT molecular complexity index is 447. The van der Waals surface area contributed by atoms with Crippen LogP contribution >= 0.6 is 0 Å². The summed E-state index contributed by atoms with van der Waals surface area (Å²) in [6.07, 6.45) is 0.830. The minimum absolute atomic E-state index is 0.0401. The second kappa shape index (κ2) is 6.22. The molecule has 0 aliphatic carbocycles. The number of nitrogens with one attached hydrogen (secondary N) is 2. The van der Waals surface area contributed by atoms with Crippen LogP contribution in [0.4, 0.5) is 5.69 Å². The minimum Gasteiger partial charge on any atom is -0.376 e. The molecule has 2 N–H and O–H groups in total. The zero-order valence-electron chi connectivity index (χ0n) is 11.1. The Morgan fingerprint density at radius 1 is 1.32 bits per heavy atom. The van der Waals surface area contributed by atoms with Gasteiger partial charge in [0, 0.05) is 31.7 Å². The van der Waals surface area contributed by atoms with Crippen molar-refractivity contribution in [2.24, 2.45) is 0 Å². The molecule has 0 bridgehead atoms. The lowest BCUT2D eigenvalue weighted by Crippen LogP contribution is -2.39. The molecular weight excluding hydrogens is 242 g/mol. The van der Waals surface area contributed by atoms with Gasteiger partial charge < -0.3 is 15.5 Å². The number of para-hydroxylation sites is 1. The molecule has 0 aromatic heterocycles. The summed E-state index contributed by atoms with van der Waals surface area (Å²) >= 11 is 0. The van der Waals surface area contributed by atoms with Crippen LogP contribution in [-0.2, 0) is 9.59 Å². The topological polar surface area (TPSA) is 61.4 Å². The van der Waals surface area contributed by atoms with E-state index in [2.05, 4.69) is 10.6 Å². The zero-order chi connectivity index (χ0) is 13.7. The van der Waals surface area contributed by atoms with Crippen LogP contribution in [0.1, 0.15) is 13.3 Å². The number of benzene rings is 1. The van der Waals surface area contributed by atoms with Crippen molar-refractivity contribution in [2.75, 3.05) is 25.0 Å². The van der Waals surface area contributed by atoms with Gasteiger partial charge in [0.2, 0.25) is 11.8 Å². The van der Waals surface area contributed by atoms with E-state index in [9.17, 15) is 9.59 Å². The molecule has 1 heterocycles. The van der Waals surface area contributed by atoms with Crippen molar-refractivity contribution in [2.45, 2.75) is 19.4 Å². The summed E-state index contributed by atoms with van der Waals surface area (Å²) in [5.41, 5.74) is 0.938. The van der Waals surface area contributed by atoms with Crippen LogP contribution in [0.3, 0.4) is 0 Å². The zero-order valence-corrected chi connectivity index (χ0v) is 11.1. The van der Waals surface area contributed by atoms with Gasteiger partial charge in [-0.05, 0) is 18.6 Å². The molecule has 1 aliphatic rings. The van der Waals surface area contributed by atoms with E-state index in [1.807, 2.05) is 30.3 Å². The highest BCUT2D eigenvalue weighted by molar-refractivity contribution is 5.81. The van der Waals surface area contributed by atoms with Gasteiger partial charge in [-0.15, -0.1) is 0 Å². The molecule has 5 nitrogen and oxygen atoms in total. The highest BCUT2D eigenvalue weighted by atomic mass is 16.2. The van der Waals surface area contributed by atoms with E-state index < -0.39 is 0 Å². The van der Waals surface area contributed by atoms with Crippen LogP contribution in [0.25, 0.3) is 0 Å². The maximum Gasteiger partial charge on any atom is 0.241 e. The number of carbonyl (C=O) groups is 2. The second-order valence-electron chi connectivity index (χ2n) is 4.75. The van der Waals surface area contributed by atoms with E-state index in [0.717, 1.165) is 12.1 Å². The maximum atomic E-state index is 12.0. The number of nitrogens with zero attached hydrogens (tertiary/aromatic N) is 1. The van der Waals surface area contributed by atoms with Crippen molar-refractivity contribution in [3.63, 3.8) is 0 Å². The number of carbonyl (C=O) groups excluding carboxylic acids is 2. The first-order chi connectivity index (χ1) is 9.15. The molecule has 2 amide bonds. The van der Waals surface area contributed by atoms with Gasteiger partial charge in [-0.3, -0.25) is 9.59 Å². The van der Waals surface area contributed by atoms with Gasteiger partial charge in [0.05, 0.1) is 6.54 Å². The fraction of sp³-hybridized carbons (Fsp3) is 0.429. The molecule has 19 heavy (non-hydrogen) atoms. The summed E-state index contributed by atoms with van der Waals surface area (Å²) in [4.78, 5) is 24.7. The largest absolute Gasteiger partial charge is 0.376 e. The minimum atomic E-state index is -0.0401. The van der Waals surface area contributed by atoms with Gasteiger partial charge in [-0.25, -0.2) is 0 Å². The quantitative estimate of drug-likeness (QED) is 0.844. The summed E-state index contributed by atoms with van der Waals surface area (Å²) in [5, 5.41) is 5.95. The lowest BCUT2D eigenvalue weighted by Gasteiger charge is -2.17. The van der Waals surface area contributed by atoms with E-state index >= 15 is 0 Å².